The normalized spacial score (nSPS) is 15.2. The maximum absolute atomic E-state index is 12.8. The van der Waals surface area contributed by atoms with E-state index in [1.165, 1.54) is 0 Å². The molecule has 0 aliphatic carbocycles. The number of fused-ring (bicyclic) bond motifs is 1. The van der Waals surface area contributed by atoms with Gasteiger partial charge in [-0.25, -0.2) is 0 Å². The van der Waals surface area contributed by atoms with Crippen molar-refractivity contribution in [1.82, 2.24) is 4.90 Å². The molecule has 0 radical (unpaired) electrons. The van der Waals surface area contributed by atoms with E-state index in [1.807, 2.05) is 29.2 Å². The van der Waals surface area contributed by atoms with Gasteiger partial charge in [-0.05, 0) is 61.6 Å². The van der Waals surface area contributed by atoms with Crippen LogP contribution in [0, 0.1) is 0 Å². The lowest BCUT2D eigenvalue weighted by Crippen LogP contribution is -2.40. The van der Waals surface area contributed by atoms with Crippen LogP contribution < -0.4 is 14.4 Å². The highest BCUT2D eigenvalue weighted by Gasteiger charge is 2.27. The summed E-state index contributed by atoms with van der Waals surface area (Å²) in [5.74, 6) is 1.01. The van der Waals surface area contributed by atoms with E-state index in [9.17, 15) is 14.4 Å². The number of aryl methyl sites for hydroxylation is 1. The Morgan fingerprint density at radius 2 is 1.91 bits per heavy atom. The second-order valence-corrected chi connectivity index (χ2v) is 8.42. The summed E-state index contributed by atoms with van der Waals surface area (Å²) in [4.78, 5) is 41.2. The molecule has 7 nitrogen and oxygen atoms in total. The van der Waals surface area contributed by atoms with Crippen LogP contribution in [0.15, 0.2) is 42.5 Å². The van der Waals surface area contributed by atoms with Crippen molar-refractivity contribution in [2.24, 2.45) is 0 Å². The van der Waals surface area contributed by atoms with Crippen LogP contribution in [0.3, 0.4) is 0 Å². The smallest absolute Gasteiger partial charge is 0.265 e. The van der Waals surface area contributed by atoms with E-state index in [2.05, 4.69) is 6.92 Å². The van der Waals surface area contributed by atoms with Crippen LogP contribution in [-0.4, -0.2) is 55.3 Å². The monoisotopic (exact) mass is 450 g/mol. The van der Waals surface area contributed by atoms with Crippen molar-refractivity contribution in [3.63, 3.8) is 0 Å². The summed E-state index contributed by atoms with van der Waals surface area (Å²) < 4.78 is 11.2. The lowest BCUT2D eigenvalue weighted by molar-refractivity contribution is -0.130. The van der Waals surface area contributed by atoms with Crippen molar-refractivity contribution in [3.05, 3.63) is 53.6 Å². The molecule has 2 aromatic carbocycles. The highest BCUT2D eigenvalue weighted by molar-refractivity contribution is 6.02. The first-order valence-corrected chi connectivity index (χ1v) is 11.6. The van der Waals surface area contributed by atoms with E-state index >= 15 is 0 Å². The summed E-state index contributed by atoms with van der Waals surface area (Å²) in [6.45, 7) is 3.99. The molecule has 1 saturated heterocycles. The van der Waals surface area contributed by atoms with Crippen molar-refractivity contribution in [3.8, 4) is 11.5 Å². The lowest BCUT2D eigenvalue weighted by Gasteiger charge is -2.30. The third kappa shape index (κ3) is 5.53. The molecular formula is C26H30N2O5. The number of amides is 2. The Morgan fingerprint density at radius 3 is 2.70 bits per heavy atom. The number of Topliss-reactive ketones (excluding diaryl/α,β-unsaturated/α-hetero) is 1. The van der Waals surface area contributed by atoms with E-state index in [0.717, 1.165) is 37.9 Å². The van der Waals surface area contributed by atoms with Gasteiger partial charge in [0, 0.05) is 31.6 Å². The standard InChI is InChI=1S/C26H30N2O5/c1-2-19-7-5-8-21(15-19)32-17-23(29)20-10-11-24-22(16-20)28(26(31)18-33-24)14-6-9-25(30)27-12-3-4-13-27/h5,7-8,10-11,15-16H,2-4,6,9,12-14,17-18H2,1H3. The first-order chi connectivity index (χ1) is 16.0. The summed E-state index contributed by atoms with van der Waals surface area (Å²) in [6.07, 6.45) is 3.99. The van der Waals surface area contributed by atoms with Gasteiger partial charge in [0.1, 0.15) is 11.5 Å². The number of anilines is 1. The van der Waals surface area contributed by atoms with Crippen LogP contribution in [0.4, 0.5) is 5.69 Å². The molecule has 1 fully saturated rings. The van der Waals surface area contributed by atoms with Crippen LogP contribution in [0.1, 0.15) is 48.5 Å². The zero-order valence-corrected chi connectivity index (χ0v) is 19.0. The van der Waals surface area contributed by atoms with Gasteiger partial charge in [-0.15, -0.1) is 0 Å². The number of hydrogen-bond acceptors (Lipinski definition) is 5. The topological polar surface area (TPSA) is 76.2 Å². The van der Waals surface area contributed by atoms with Gasteiger partial charge in [0.05, 0.1) is 5.69 Å². The Hall–Kier alpha value is -3.35. The van der Waals surface area contributed by atoms with Crippen molar-refractivity contribution < 1.29 is 23.9 Å². The first kappa shape index (κ1) is 22.8. The highest BCUT2D eigenvalue weighted by Crippen LogP contribution is 2.33. The van der Waals surface area contributed by atoms with Gasteiger partial charge in [0.2, 0.25) is 5.91 Å². The van der Waals surface area contributed by atoms with Crippen molar-refractivity contribution in [1.29, 1.82) is 0 Å². The number of carbonyl (C=O) groups excluding carboxylic acids is 3. The average molecular weight is 451 g/mol. The third-order valence-corrected chi connectivity index (χ3v) is 6.13. The van der Waals surface area contributed by atoms with Crippen LogP contribution in [-0.2, 0) is 16.0 Å². The molecule has 0 atom stereocenters. The molecule has 0 unspecified atom stereocenters. The minimum absolute atomic E-state index is 0.0444. The summed E-state index contributed by atoms with van der Waals surface area (Å²) in [6, 6.07) is 12.8. The molecule has 2 heterocycles. The molecule has 0 N–H and O–H groups in total. The molecule has 174 valence electrons. The van der Waals surface area contributed by atoms with Crippen molar-refractivity contribution >= 4 is 23.3 Å². The SMILES string of the molecule is CCc1cccc(OCC(=O)c2ccc3c(c2)N(CCCC(=O)N2CCCC2)C(=O)CO3)c1. The fraction of sp³-hybridized carbons (Fsp3) is 0.423. The van der Waals surface area contributed by atoms with Gasteiger partial charge < -0.3 is 19.3 Å². The molecule has 0 spiro atoms. The third-order valence-electron chi connectivity index (χ3n) is 6.13. The fourth-order valence-electron chi connectivity index (χ4n) is 4.22. The summed E-state index contributed by atoms with van der Waals surface area (Å²) in [7, 11) is 0. The van der Waals surface area contributed by atoms with E-state index < -0.39 is 0 Å². The molecule has 2 aliphatic rings. The maximum atomic E-state index is 12.8. The molecule has 2 aliphatic heterocycles. The number of ketones is 1. The van der Waals surface area contributed by atoms with Gasteiger partial charge in [-0.1, -0.05) is 19.1 Å². The number of carbonyl (C=O) groups is 3. The largest absolute Gasteiger partial charge is 0.485 e. The predicted molar refractivity (Wildman–Crippen MR) is 125 cm³/mol. The average Bonchev–Trinajstić information content (AvgIpc) is 3.39. The number of benzene rings is 2. The summed E-state index contributed by atoms with van der Waals surface area (Å²) in [5.41, 5.74) is 2.17. The zero-order valence-electron chi connectivity index (χ0n) is 19.0. The zero-order chi connectivity index (χ0) is 23.2. The van der Waals surface area contributed by atoms with Crippen LogP contribution in [0.2, 0.25) is 0 Å². The highest BCUT2D eigenvalue weighted by atomic mass is 16.5. The summed E-state index contributed by atoms with van der Waals surface area (Å²) >= 11 is 0. The maximum Gasteiger partial charge on any atom is 0.265 e. The molecule has 2 amide bonds. The first-order valence-electron chi connectivity index (χ1n) is 11.6. The quantitative estimate of drug-likeness (QED) is 0.545. The molecule has 7 heteroatoms. The van der Waals surface area contributed by atoms with E-state index in [0.29, 0.717) is 42.1 Å². The van der Waals surface area contributed by atoms with Gasteiger partial charge in [0.25, 0.3) is 5.91 Å². The molecule has 0 saturated carbocycles. The Kier molecular flexibility index (Phi) is 7.27. The number of likely N-dealkylation sites (tertiary alicyclic amines) is 1. The van der Waals surface area contributed by atoms with Gasteiger partial charge >= 0.3 is 0 Å². The second kappa shape index (κ2) is 10.5. The molecule has 0 aromatic heterocycles. The van der Waals surface area contributed by atoms with Crippen LogP contribution in [0.25, 0.3) is 0 Å². The van der Waals surface area contributed by atoms with E-state index in [-0.39, 0.29) is 30.8 Å². The molecule has 0 bridgehead atoms. The van der Waals surface area contributed by atoms with Crippen molar-refractivity contribution in [2.75, 3.05) is 37.7 Å². The number of nitrogens with zero attached hydrogens (tertiary/aromatic N) is 2. The van der Waals surface area contributed by atoms with E-state index in [1.54, 1.807) is 23.1 Å². The lowest BCUT2D eigenvalue weighted by atomic mass is 10.1. The summed E-state index contributed by atoms with van der Waals surface area (Å²) in [5, 5.41) is 0. The van der Waals surface area contributed by atoms with Gasteiger partial charge in [-0.2, -0.15) is 0 Å². The van der Waals surface area contributed by atoms with Crippen LogP contribution in [0.5, 0.6) is 11.5 Å². The Labute approximate surface area is 194 Å². The molecule has 33 heavy (non-hydrogen) atoms. The predicted octanol–water partition coefficient (Wildman–Crippen LogP) is 3.64. The minimum Gasteiger partial charge on any atom is -0.485 e. The number of rotatable bonds is 9. The van der Waals surface area contributed by atoms with Gasteiger partial charge in [0.15, 0.2) is 19.0 Å². The van der Waals surface area contributed by atoms with Gasteiger partial charge in [-0.3, -0.25) is 14.4 Å². The Morgan fingerprint density at radius 1 is 1.09 bits per heavy atom. The number of ether oxygens (including phenoxy) is 2. The second-order valence-electron chi connectivity index (χ2n) is 8.42. The van der Waals surface area contributed by atoms with E-state index in [4.69, 9.17) is 9.47 Å². The Bertz CT molecular complexity index is 1030. The van der Waals surface area contributed by atoms with Crippen molar-refractivity contribution in [2.45, 2.75) is 39.0 Å². The molecule has 2 aromatic rings. The molecular weight excluding hydrogens is 420 g/mol. The van der Waals surface area contributed by atoms with Crippen LogP contribution >= 0.6 is 0 Å². The minimum atomic E-state index is -0.179. The Balaban J connectivity index is 1.40. The fourth-order valence-corrected chi connectivity index (χ4v) is 4.22. The molecule has 4 rings (SSSR count). The number of hydrogen-bond donors (Lipinski definition) is 0.